The first-order valence-electron chi connectivity index (χ1n) is 8.22. The first-order chi connectivity index (χ1) is 11.8. The molecule has 4 nitrogen and oxygen atoms in total. The molecule has 0 saturated carbocycles. The number of aliphatic carboxylic acids is 1. The molecule has 0 saturated heterocycles. The number of nitrogens with one attached hydrogen (secondary N) is 1. The van der Waals surface area contributed by atoms with E-state index in [1.54, 1.807) is 31.2 Å². The fraction of sp³-hybridized carbons (Fsp3) is 0.300. The summed E-state index contributed by atoms with van der Waals surface area (Å²) in [5.41, 5.74) is 2.34. The fourth-order valence-corrected chi connectivity index (χ4v) is 2.59. The summed E-state index contributed by atoms with van der Waals surface area (Å²) in [6.45, 7) is 3.54. The van der Waals surface area contributed by atoms with Crippen molar-refractivity contribution in [2.75, 3.05) is 5.32 Å². The molecule has 0 radical (unpaired) electrons. The molecule has 0 aliphatic carbocycles. The predicted octanol–water partition coefficient (Wildman–Crippen LogP) is 4.22. The van der Waals surface area contributed by atoms with Crippen LogP contribution in [0.2, 0.25) is 0 Å². The lowest BCUT2D eigenvalue weighted by Gasteiger charge is -2.13. The molecule has 2 aromatic rings. The van der Waals surface area contributed by atoms with Crippen LogP contribution >= 0.6 is 0 Å². The van der Waals surface area contributed by atoms with E-state index in [4.69, 9.17) is 5.11 Å². The Hall–Kier alpha value is -2.69. The van der Waals surface area contributed by atoms with Crippen LogP contribution < -0.4 is 5.32 Å². The highest BCUT2D eigenvalue weighted by Gasteiger charge is 2.13. The molecule has 2 rings (SSSR count). The molecular formula is C20H22FNO3. The molecule has 0 aliphatic rings. The quantitative estimate of drug-likeness (QED) is 0.791. The molecule has 1 amide bonds. The number of anilines is 1. The Kier molecular flexibility index (Phi) is 6.28. The van der Waals surface area contributed by atoms with E-state index >= 15 is 0 Å². The standard InChI is InChI=1S/C20H22FNO3/c1-13(16-4-3-5-17(21)12-16)11-19(23)22-18-8-6-15(7-9-18)10-14(2)20(24)25/h3-9,12-14H,10-11H2,1-2H3,(H,22,23)(H,24,25). The molecule has 25 heavy (non-hydrogen) atoms. The molecule has 0 bridgehead atoms. The Labute approximate surface area is 146 Å². The summed E-state index contributed by atoms with van der Waals surface area (Å²) in [6, 6.07) is 13.4. The van der Waals surface area contributed by atoms with Crippen molar-refractivity contribution >= 4 is 17.6 Å². The van der Waals surface area contributed by atoms with E-state index in [9.17, 15) is 14.0 Å². The van der Waals surface area contributed by atoms with Gasteiger partial charge < -0.3 is 10.4 Å². The maximum atomic E-state index is 13.3. The van der Waals surface area contributed by atoms with E-state index in [1.165, 1.54) is 12.1 Å². The van der Waals surface area contributed by atoms with Gasteiger partial charge in [0.05, 0.1) is 5.92 Å². The number of hydrogen-bond donors (Lipinski definition) is 2. The lowest BCUT2D eigenvalue weighted by molar-refractivity contribution is -0.141. The molecule has 132 valence electrons. The molecular weight excluding hydrogens is 321 g/mol. The van der Waals surface area contributed by atoms with Gasteiger partial charge in [-0.3, -0.25) is 9.59 Å². The van der Waals surface area contributed by atoms with Crippen LogP contribution in [0.25, 0.3) is 0 Å². The topological polar surface area (TPSA) is 66.4 Å². The van der Waals surface area contributed by atoms with E-state index in [2.05, 4.69) is 5.32 Å². The van der Waals surface area contributed by atoms with Crippen molar-refractivity contribution < 1.29 is 19.1 Å². The van der Waals surface area contributed by atoms with Gasteiger partial charge in [0.25, 0.3) is 0 Å². The molecule has 0 aromatic heterocycles. The number of carboxylic acids is 1. The minimum atomic E-state index is -0.830. The van der Waals surface area contributed by atoms with Crippen molar-refractivity contribution in [3.8, 4) is 0 Å². The highest BCUT2D eigenvalue weighted by atomic mass is 19.1. The van der Waals surface area contributed by atoms with Crippen LogP contribution in [0, 0.1) is 11.7 Å². The average Bonchev–Trinajstić information content (AvgIpc) is 2.56. The molecule has 2 aromatic carbocycles. The maximum Gasteiger partial charge on any atom is 0.306 e. The van der Waals surface area contributed by atoms with Gasteiger partial charge in [-0.25, -0.2) is 4.39 Å². The Morgan fingerprint density at radius 3 is 2.40 bits per heavy atom. The molecule has 0 spiro atoms. The van der Waals surface area contributed by atoms with Gasteiger partial charge >= 0.3 is 5.97 Å². The van der Waals surface area contributed by atoms with E-state index in [1.807, 2.05) is 19.1 Å². The SMILES string of the molecule is CC(Cc1ccc(NC(=O)CC(C)c2cccc(F)c2)cc1)C(=O)O. The fourth-order valence-electron chi connectivity index (χ4n) is 2.59. The summed E-state index contributed by atoms with van der Waals surface area (Å²) in [5, 5.41) is 11.7. The first-order valence-corrected chi connectivity index (χ1v) is 8.22. The summed E-state index contributed by atoms with van der Waals surface area (Å²) in [5.74, 6) is -1.83. The third-order valence-corrected chi connectivity index (χ3v) is 4.11. The molecule has 2 atom stereocenters. The van der Waals surface area contributed by atoms with E-state index in [0.29, 0.717) is 12.1 Å². The molecule has 0 fully saturated rings. The Bertz CT molecular complexity index is 743. The molecule has 0 heterocycles. The number of carbonyl (C=O) groups is 2. The first kappa shape index (κ1) is 18.6. The summed E-state index contributed by atoms with van der Waals surface area (Å²) < 4.78 is 13.3. The van der Waals surface area contributed by atoms with Crippen LogP contribution in [-0.2, 0) is 16.0 Å². The second kappa shape index (κ2) is 8.42. The minimum absolute atomic E-state index is 0.0913. The van der Waals surface area contributed by atoms with Crippen molar-refractivity contribution in [2.24, 2.45) is 5.92 Å². The van der Waals surface area contributed by atoms with Gasteiger partial charge in [-0.1, -0.05) is 38.1 Å². The number of amides is 1. The van der Waals surface area contributed by atoms with Crippen molar-refractivity contribution in [3.05, 3.63) is 65.5 Å². The number of halogens is 1. The predicted molar refractivity (Wildman–Crippen MR) is 95.0 cm³/mol. The third-order valence-electron chi connectivity index (χ3n) is 4.11. The van der Waals surface area contributed by atoms with Gasteiger partial charge in [-0.15, -0.1) is 0 Å². The summed E-state index contributed by atoms with van der Waals surface area (Å²) in [6.07, 6.45) is 0.696. The van der Waals surface area contributed by atoms with Crippen molar-refractivity contribution in [1.29, 1.82) is 0 Å². The monoisotopic (exact) mass is 343 g/mol. The minimum Gasteiger partial charge on any atom is -0.481 e. The normalized spacial score (nSPS) is 13.1. The molecule has 2 N–H and O–H groups in total. The second-order valence-corrected chi connectivity index (χ2v) is 6.35. The van der Waals surface area contributed by atoms with Crippen LogP contribution in [0.1, 0.15) is 37.3 Å². The van der Waals surface area contributed by atoms with Crippen LogP contribution in [0.15, 0.2) is 48.5 Å². The highest BCUT2D eigenvalue weighted by molar-refractivity contribution is 5.91. The van der Waals surface area contributed by atoms with E-state index in [0.717, 1.165) is 11.1 Å². The van der Waals surface area contributed by atoms with Gasteiger partial charge in [0.1, 0.15) is 5.82 Å². The van der Waals surface area contributed by atoms with Gasteiger partial charge in [0, 0.05) is 12.1 Å². The van der Waals surface area contributed by atoms with E-state index < -0.39 is 11.9 Å². The van der Waals surface area contributed by atoms with E-state index in [-0.39, 0.29) is 24.1 Å². The zero-order valence-corrected chi connectivity index (χ0v) is 14.3. The van der Waals surface area contributed by atoms with Crippen LogP contribution in [0.5, 0.6) is 0 Å². The van der Waals surface area contributed by atoms with Crippen molar-refractivity contribution in [2.45, 2.75) is 32.6 Å². The van der Waals surface area contributed by atoms with Gasteiger partial charge in [0.2, 0.25) is 5.91 Å². The number of carbonyl (C=O) groups excluding carboxylic acids is 1. The summed E-state index contributed by atoms with van der Waals surface area (Å²) in [4.78, 5) is 23.0. The number of hydrogen-bond acceptors (Lipinski definition) is 2. The van der Waals surface area contributed by atoms with Gasteiger partial charge in [-0.05, 0) is 47.7 Å². The smallest absolute Gasteiger partial charge is 0.306 e. The van der Waals surface area contributed by atoms with Gasteiger partial charge in [0.15, 0.2) is 0 Å². The number of benzene rings is 2. The molecule has 0 aliphatic heterocycles. The molecule has 5 heteroatoms. The van der Waals surface area contributed by atoms with Crippen LogP contribution in [0.4, 0.5) is 10.1 Å². The summed E-state index contributed by atoms with van der Waals surface area (Å²) in [7, 11) is 0. The largest absolute Gasteiger partial charge is 0.481 e. The lowest BCUT2D eigenvalue weighted by Crippen LogP contribution is -2.15. The second-order valence-electron chi connectivity index (χ2n) is 6.35. The lowest BCUT2D eigenvalue weighted by atomic mass is 9.97. The van der Waals surface area contributed by atoms with Crippen molar-refractivity contribution in [1.82, 2.24) is 0 Å². The third kappa shape index (κ3) is 5.71. The van der Waals surface area contributed by atoms with Gasteiger partial charge in [-0.2, -0.15) is 0 Å². The zero-order valence-electron chi connectivity index (χ0n) is 14.3. The number of carboxylic acid groups (broad SMARTS) is 1. The van der Waals surface area contributed by atoms with Crippen molar-refractivity contribution in [3.63, 3.8) is 0 Å². The maximum absolute atomic E-state index is 13.3. The van der Waals surface area contributed by atoms with Crippen LogP contribution in [-0.4, -0.2) is 17.0 Å². The average molecular weight is 343 g/mol. The highest BCUT2D eigenvalue weighted by Crippen LogP contribution is 2.21. The number of rotatable bonds is 7. The Balaban J connectivity index is 1.91. The van der Waals surface area contributed by atoms with Crippen LogP contribution in [0.3, 0.4) is 0 Å². The summed E-state index contributed by atoms with van der Waals surface area (Å²) >= 11 is 0. The Morgan fingerprint density at radius 1 is 1.12 bits per heavy atom. The zero-order chi connectivity index (χ0) is 18.4. The Morgan fingerprint density at radius 2 is 1.80 bits per heavy atom. The molecule has 2 unspecified atom stereocenters.